The molecule has 2 aromatic rings. The van der Waals surface area contributed by atoms with E-state index in [0.717, 1.165) is 24.2 Å². The number of fused-ring (bicyclic) bond motifs is 1. The van der Waals surface area contributed by atoms with E-state index in [1.54, 1.807) is 0 Å². The van der Waals surface area contributed by atoms with Gasteiger partial charge in [-0.15, -0.1) is 0 Å². The number of carbonyl (C=O) groups is 1. The van der Waals surface area contributed by atoms with Crippen molar-refractivity contribution in [3.05, 3.63) is 36.3 Å². The molecule has 1 atom stereocenters. The topological polar surface area (TPSA) is 81.1 Å². The molecule has 0 saturated heterocycles. The minimum Gasteiger partial charge on any atom is -0.481 e. The van der Waals surface area contributed by atoms with Crippen LogP contribution in [0.5, 0.6) is 0 Å². The summed E-state index contributed by atoms with van der Waals surface area (Å²) < 4.78 is 1.93. The van der Waals surface area contributed by atoms with Gasteiger partial charge in [0.1, 0.15) is 11.7 Å². The van der Waals surface area contributed by atoms with Crippen LogP contribution in [-0.4, -0.2) is 20.6 Å². The molecule has 0 aliphatic carbocycles. The molecular weight excluding hydrogens is 242 g/mol. The molecule has 98 valence electrons. The monoisotopic (exact) mass is 257 g/mol. The van der Waals surface area contributed by atoms with Crippen LogP contribution in [-0.2, 0) is 11.3 Å². The van der Waals surface area contributed by atoms with Gasteiger partial charge in [0.2, 0.25) is 0 Å². The first-order chi connectivity index (χ1) is 9.16. The van der Waals surface area contributed by atoms with Crippen LogP contribution < -0.4 is 5.73 Å². The number of para-hydroxylation sites is 1. The van der Waals surface area contributed by atoms with E-state index in [1.165, 1.54) is 0 Å². The average molecular weight is 257 g/mol. The molecule has 2 heterocycles. The van der Waals surface area contributed by atoms with Crippen molar-refractivity contribution >= 4 is 11.7 Å². The van der Waals surface area contributed by atoms with Gasteiger partial charge in [0.25, 0.3) is 0 Å². The molecule has 5 nitrogen and oxygen atoms in total. The number of benzene rings is 1. The Kier molecular flexibility index (Phi) is 2.74. The fraction of sp³-hybridized carbons (Fsp3) is 0.286. The van der Waals surface area contributed by atoms with Crippen LogP contribution in [0.1, 0.15) is 24.6 Å². The molecule has 1 aromatic heterocycles. The lowest BCUT2D eigenvalue weighted by Crippen LogP contribution is -2.21. The summed E-state index contributed by atoms with van der Waals surface area (Å²) in [6.07, 6.45) is 3.41. The largest absolute Gasteiger partial charge is 0.481 e. The minimum absolute atomic E-state index is 0.507. The maximum absolute atomic E-state index is 11.3. The smallest absolute Gasteiger partial charge is 0.314 e. The van der Waals surface area contributed by atoms with Crippen LogP contribution in [0.4, 0.5) is 5.69 Å². The van der Waals surface area contributed by atoms with E-state index < -0.39 is 11.9 Å². The fourth-order valence-electron chi connectivity index (χ4n) is 2.58. The zero-order valence-electron chi connectivity index (χ0n) is 10.4. The van der Waals surface area contributed by atoms with E-state index in [0.29, 0.717) is 17.9 Å². The van der Waals surface area contributed by atoms with Crippen molar-refractivity contribution in [3.8, 4) is 11.3 Å². The molecule has 0 radical (unpaired) electrons. The summed E-state index contributed by atoms with van der Waals surface area (Å²) in [5, 5.41) is 9.24. The van der Waals surface area contributed by atoms with Crippen LogP contribution >= 0.6 is 0 Å². The number of nitrogens with two attached hydrogens (primary N) is 1. The summed E-state index contributed by atoms with van der Waals surface area (Å²) in [7, 11) is 0. The maximum Gasteiger partial charge on any atom is 0.314 e. The van der Waals surface area contributed by atoms with E-state index in [1.807, 2.05) is 35.0 Å². The SMILES string of the molecule is Nc1ccccc1-c1cn2c(n1)C(C(=O)O)CCC2. The highest BCUT2D eigenvalue weighted by Gasteiger charge is 2.29. The Labute approximate surface area is 110 Å². The number of nitrogens with zero attached hydrogens (tertiary/aromatic N) is 2. The Bertz CT molecular complexity index is 633. The zero-order valence-corrected chi connectivity index (χ0v) is 10.4. The number of rotatable bonds is 2. The molecule has 3 N–H and O–H groups in total. The molecule has 1 aliphatic heterocycles. The number of carboxylic acids is 1. The third kappa shape index (κ3) is 1.97. The van der Waals surface area contributed by atoms with Gasteiger partial charge in [-0.3, -0.25) is 4.79 Å². The Morgan fingerprint density at radius 1 is 1.42 bits per heavy atom. The highest BCUT2D eigenvalue weighted by molar-refractivity contribution is 5.77. The second-order valence-corrected chi connectivity index (χ2v) is 4.80. The molecule has 0 amide bonds. The fourth-order valence-corrected chi connectivity index (χ4v) is 2.58. The zero-order chi connectivity index (χ0) is 13.4. The third-order valence-electron chi connectivity index (χ3n) is 3.55. The number of anilines is 1. The quantitative estimate of drug-likeness (QED) is 0.807. The van der Waals surface area contributed by atoms with Crippen molar-refractivity contribution in [2.24, 2.45) is 0 Å². The van der Waals surface area contributed by atoms with Gasteiger partial charge in [-0.05, 0) is 18.9 Å². The molecular formula is C14H15N3O2. The van der Waals surface area contributed by atoms with Crippen molar-refractivity contribution < 1.29 is 9.90 Å². The summed E-state index contributed by atoms with van der Waals surface area (Å²) in [6.45, 7) is 0.818. The van der Waals surface area contributed by atoms with Gasteiger partial charge >= 0.3 is 5.97 Å². The van der Waals surface area contributed by atoms with Crippen LogP contribution in [0, 0.1) is 0 Å². The number of nitrogen functional groups attached to an aromatic ring is 1. The number of aromatic nitrogens is 2. The van der Waals surface area contributed by atoms with Crippen LogP contribution in [0.2, 0.25) is 0 Å². The first-order valence-electron chi connectivity index (χ1n) is 6.31. The van der Waals surface area contributed by atoms with E-state index in [4.69, 9.17) is 5.73 Å². The second kappa shape index (κ2) is 4.42. The Morgan fingerprint density at radius 2 is 2.21 bits per heavy atom. The van der Waals surface area contributed by atoms with Gasteiger partial charge in [-0.1, -0.05) is 18.2 Å². The lowest BCUT2D eigenvalue weighted by Gasteiger charge is -2.19. The van der Waals surface area contributed by atoms with Gasteiger partial charge in [-0.25, -0.2) is 4.98 Å². The van der Waals surface area contributed by atoms with Gasteiger partial charge in [0.05, 0.1) is 5.69 Å². The van der Waals surface area contributed by atoms with Crippen molar-refractivity contribution in [1.29, 1.82) is 0 Å². The summed E-state index contributed by atoms with van der Waals surface area (Å²) in [4.78, 5) is 15.7. The lowest BCUT2D eigenvalue weighted by molar-refractivity contribution is -0.139. The van der Waals surface area contributed by atoms with Gasteiger partial charge < -0.3 is 15.4 Å². The summed E-state index contributed by atoms with van der Waals surface area (Å²) in [6, 6.07) is 7.50. The number of carboxylic acid groups (broad SMARTS) is 1. The van der Waals surface area contributed by atoms with Crippen LogP contribution in [0.3, 0.4) is 0 Å². The number of imidazole rings is 1. The van der Waals surface area contributed by atoms with Gasteiger partial charge in [-0.2, -0.15) is 0 Å². The van der Waals surface area contributed by atoms with Crippen molar-refractivity contribution in [3.63, 3.8) is 0 Å². The highest BCUT2D eigenvalue weighted by Crippen LogP contribution is 2.31. The van der Waals surface area contributed by atoms with Gasteiger partial charge in [0, 0.05) is 24.0 Å². The first kappa shape index (κ1) is 11.8. The lowest BCUT2D eigenvalue weighted by atomic mass is 9.99. The Balaban J connectivity index is 2.07. The minimum atomic E-state index is -0.806. The molecule has 0 saturated carbocycles. The Morgan fingerprint density at radius 3 is 2.95 bits per heavy atom. The van der Waals surface area contributed by atoms with E-state index >= 15 is 0 Å². The standard InChI is InChI=1S/C14H15N3O2/c15-11-6-2-1-4-9(11)12-8-17-7-3-5-10(14(18)19)13(17)16-12/h1-2,4,6,8,10H,3,5,7,15H2,(H,18,19). The Hall–Kier alpha value is -2.30. The molecule has 1 unspecified atom stereocenters. The molecule has 0 bridgehead atoms. The molecule has 0 spiro atoms. The van der Waals surface area contributed by atoms with E-state index in [2.05, 4.69) is 4.98 Å². The molecule has 19 heavy (non-hydrogen) atoms. The molecule has 1 aliphatic rings. The predicted molar refractivity (Wildman–Crippen MR) is 71.7 cm³/mol. The van der Waals surface area contributed by atoms with E-state index in [9.17, 15) is 9.90 Å². The third-order valence-corrected chi connectivity index (χ3v) is 3.55. The van der Waals surface area contributed by atoms with Gasteiger partial charge in [0.15, 0.2) is 0 Å². The van der Waals surface area contributed by atoms with Crippen molar-refractivity contribution in [1.82, 2.24) is 9.55 Å². The number of aryl methyl sites for hydroxylation is 1. The van der Waals surface area contributed by atoms with Crippen molar-refractivity contribution in [2.45, 2.75) is 25.3 Å². The first-order valence-corrected chi connectivity index (χ1v) is 6.31. The summed E-state index contributed by atoms with van der Waals surface area (Å²) in [5.41, 5.74) is 8.20. The molecule has 0 fully saturated rings. The predicted octanol–water partition coefficient (Wildman–Crippen LogP) is 2.09. The van der Waals surface area contributed by atoms with Crippen molar-refractivity contribution in [2.75, 3.05) is 5.73 Å². The highest BCUT2D eigenvalue weighted by atomic mass is 16.4. The average Bonchev–Trinajstić information content (AvgIpc) is 2.82. The number of aliphatic carboxylic acids is 1. The normalized spacial score (nSPS) is 18.0. The molecule has 5 heteroatoms. The second-order valence-electron chi connectivity index (χ2n) is 4.80. The summed E-state index contributed by atoms with van der Waals surface area (Å²) in [5.74, 6) is -0.677. The van der Waals surface area contributed by atoms with Crippen LogP contribution in [0.15, 0.2) is 30.5 Å². The molecule has 3 rings (SSSR count). The van der Waals surface area contributed by atoms with Crippen LogP contribution in [0.25, 0.3) is 11.3 Å². The number of hydrogen-bond donors (Lipinski definition) is 2. The summed E-state index contributed by atoms with van der Waals surface area (Å²) >= 11 is 0. The van der Waals surface area contributed by atoms with E-state index in [-0.39, 0.29) is 0 Å². The number of hydrogen-bond acceptors (Lipinski definition) is 3. The molecule has 1 aromatic carbocycles. The maximum atomic E-state index is 11.3.